The molecule has 0 aliphatic carbocycles. The van der Waals surface area contributed by atoms with Crippen LogP contribution < -0.4 is 0 Å². The summed E-state index contributed by atoms with van der Waals surface area (Å²) in [5.41, 5.74) is 0. The predicted octanol–water partition coefficient (Wildman–Crippen LogP) is 3.24. The van der Waals surface area contributed by atoms with Crippen LogP contribution in [0.1, 0.15) is 6.92 Å². The maximum atomic E-state index is 12.2. The van der Waals surface area contributed by atoms with E-state index in [4.69, 9.17) is 0 Å². The Kier molecular flexibility index (Phi) is 5.25. The highest BCUT2D eigenvalue weighted by molar-refractivity contribution is 5.16. The lowest BCUT2D eigenvalue weighted by Crippen LogP contribution is -1.81. The summed E-state index contributed by atoms with van der Waals surface area (Å²) in [6.45, 7) is 1.75. The van der Waals surface area contributed by atoms with Crippen molar-refractivity contribution in [3.05, 3.63) is 36.2 Å². The zero-order valence-corrected chi connectivity index (χ0v) is 6.10. The van der Waals surface area contributed by atoms with Crippen molar-refractivity contribution in [3.63, 3.8) is 0 Å². The van der Waals surface area contributed by atoms with E-state index in [9.17, 15) is 13.2 Å². The summed E-state index contributed by atoms with van der Waals surface area (Å²) in [4.78, 5) is 0. The van der Waals surface area contributed by atoms with Crippen LogP contribution in [0, 0.1) is 0 Å². The SMILES string of the molecule is C\C=C/C=C\C(F)=C\C(F)F. The number of halogens is 3. The normalized spacial score (nSPS) is 14.1. The molecule has 62 valence electrons. The second-order valence-electron chi connectivity index (χ2n) is 1.77. The van der Waals surface area contributed by atoms with E-state index >= 15 is 0 Å². The van der Waals surface area contributed by atoms with E-state index in [1.54, 1.807) is 19.1 Å². The van der Waals surface area contributed by atoms with Gasteiger partial charge in [-0.2, -0.15) is 0 Å². The van der Waals surface area contributed by atoms with E-state index in [0.29, 0.717) is 0 Å². The summed E-state index contributed by atoms with van der Waals surface area (Å²) in [6, 6.07) is 0. The molecule has 0 aliphatic heterocycles. The van der Waals surface area contributed by atoms with Crippen LogP contribution in [0.15, 0.2) is 36.2 Å². The summed E-state index contributed by atoms with van der Waals surface area (Å²) >= 11 is 0. The smallest absolute Gasteiger partial charge is 0.207 e. The molecular formula is C8H9F3. The Balaban J connectivity index is 3.94. The third-order valence-corrected chi connectivity index (χ3v) is 0.844. The van der Waals surface area contributed by atoms with Crippen LogP contribution in [-0.4, -0.2) is 6.43 Å². The van der Waals surface area contributed by atoms with Gasteiger partial charge in [-0.3, -0.25) is 0 Å². The van der Waals surface area contributed by atoms with E-state index in [1.165, 1.54) is 6.08 Å². The fourth-order valence-corrected chi connectivity index (χ4v) is 0.435. The van der Waals surface area contributed by atoms with Gasteiger partial charge >= 0.3 is 0 Å². The van der Waals surface area contributed by atoms with Gasteiger partial charge in [-0.25, -0.2) is 13.2 Å². The number of hydrogen-bond donors (Lipinski definition) is 0. The van der Waals surface area contributed by atoms with Gasteiger partial charge in [0.1, 0.15) is 5.83 Å². The summed E-state index contributed by atoms with van der Waals surface area (Å²) in [5, 5.41) is 0. The quantitative estimate of drug-likeness (QED) is 0.559. The molecular weight excluding hydrogens is 153 g/mol. The minimum atomic E-state index is -2.73. The van der Waals surface area contributed by atoms with Crippen molar-refractivity contribution in [3.8, 4) is 0 Å². The van der Waals surface area contributed by atoms with Crippen molar-refractivity contribution in [1.29, 1.82) is 0 Å². The van der Waals surface area contributed by atoms with Crippen molar-refractivity contribution in [2.75, 3.05) is 0 Å². The monoisotopic (exact) mass is 162 g/mol. The molecule has 0 rings (SSSR count). The maximum absolute atomic E-state index is 12.2. The Hall–Kier alpha value is -0.990. The first-order valence-electron chi connectivity index (χ1n) is 3.11. The number of rotatable bonds is 3. The molecule has 0 radical (unpaired) electrons. The Bertz CT molecular complexity index is 178. The van der Waals surface area contributed by atoms with E-state index in [1.807, 2.05) is 0 Å². The van der Waals surface area contributed by atoms with Crippen LogP contribution in [0.25, 0.3) is 0 Å². The van der Waals surface area contributed by atoms with Gasteiger partial charge in [0.25, 0.3) is 6.43 Å². The van der Waals surface area contributed by atoms with E-state index in [2.05, 4.69) is 0 Å². The summed E-state index contributed by atoms with van der Waals surface area (Å²) in [7, 11) is 0. The highest BCUT2D eigenvalue weighted by Crippen LogP contribution is 2.04. The van der Waals surface area contributed by atoms with Gasteiger partial charge in [-0.1, -0.05) is 18.2 Å². The molecule has 0 N–H and O–H groups in total. The second-order valence-corrected chi connectivity index (χ2v) is 1.77. The molecule has 0 aromatic rings. The largest absolute Gasteiger partial charge is 0.260 e. The van der Waals surface area contributed by atoms with Crippen LogP contribution in [0.4, 0.5) is 13.2 Å². The molecule has 0 heterocycles. The van der Waals surface area contributed by atoms with Gasteiger partial charge in [0.05, 0.1) is 0 Å². The lowest BCUT2D eigenvalue weighted by atomic mass is 10.4. The van der Waals surface area contributed by atoms with Gasteiger partial charge in [-0.05, 0) is 13.0 Å². The molecule has 0 aromatic carbocycles. The minimum absolute atomic E-state index is 0.250. The lowest BCUT2D eigenvalue weighted by molar-refractivity contribution is 0.201. The summed E-state index contributed by atoms with van der Waals surface area (Å²) < 4.78 is 35.1. The second kappa shape index (κ2) is 5.77. The Morgan fingerprint density at radius 2 is 1.91 bits per heavy atom. The van der Waals surface area contributed by atoms with Crippen molar-refractivity contribution >= 4 is 0 Å². The Labute approximate surface area is 63.7 Å². The molecule has 0 saturated carbocycles. The first kappa shape index (κ1) is 10.0. The molecule has 0 aromatic heterocycles. The van der Waals surface area contributed by atoms with Gasteiger partial charge in [-0.15, -0.1) is 0 Å². The van der Waals surface area contributed by atoms with Crippen LogP contribution >= 0.6 is 0 Å². The average molecular weight is 162 g/mol. The van der Waals surface area contributed by atoms with Gasteiger partial charge in [0.15, 0.2) is 0 Å². The van der Waals surface area contributed by atoms with E-state index < -0.39 is 12.3 Å². The topological polar surface area (TPSA) is 0 Å². The van der Waals surface area contributed by atoms with Gasteiger partial charge in [0.2, 0.25) is 0 Å². The van der Waals surface area contributed by atoms with Crippen LogP contribution in [0.5, 0.6) is 0 Å². The third-order valence-electron chi connectivity index (χ3n) is 0.844. The number of hydrogen-bond acceptors (Lipinski definition) is 0. The lowest BCUT2D eigenvalue weighted by Gasteiger charge is -1.86. The average Bonchev–Trinajstić information content (AvgIpc) is 1.86. The molecule has 0 fully saturated rings. The Morgan fingerprint density at radius 1 is 1.27 bits per heavy atom. The zero-order valence-electron chi connectivity index (χ0n) is 6.10. The van der Waals surface area contributed by atoms with Gasteiger partial charge in [0, 0.05) is 6.08 Å². The molecule has 0 bridgehead atoms. The predicted molar refractivity (Wildman–Crippen MR) is 39.1 cm³/mol. The maximum Gasteiger partial charge on any atom is 0.260 e. The van der Waals surface area contributed by atoms with Crippen molar-refractivity contribution in [1.82, 2.24) is 0 Å². The van der Waals surface area contributed by atoms with Crippen LogP contribution in [0.2, 0.25) is 0 Å². The van der Waals surface area contributed by atoms with E-state index in [0.717, 1.165) is 6.08 Å². The molecule has 11 heavy (non-hydrogen) atoms. The van der Waals surface area contributed by atoms with Crippen molar-refractivity contribution in [2.45, 2.75) is 13.3 Å². The fraction of sp³-hybridized carbons (Fsp3) is 0.250. The summed E-state index contributed by atoms with van der Waals surface area (Å²) in [5.74, 6) is -0.918. The van der Waals surface area contributed by atoms with Gasteiger partial charge < -0.3 is 0 Å². The molecule has 3 heteroatoms. The molecule has 0 nitrogen and oxygen atoms in total. The van der Waals surface area contributed by atoms with Crippen LogP contribution in [-0.2, 0) is 0 Å². The van der Waals surface area contributed by atoms with Crippen molar-refractivity contribution in [2.24, 2.45) is 0 Å². The third kappa shape index (κ3) is 6.90. The molecule has 0 amide bonds. The highest BCUT2D eigenvalue weighted by Gasteiger charge is 1.96. The number of alkyl halides is 2. The molecule has 0 unspecified atom stereocenters. The first-order chi connectivity index (χ1) is 5.16. The highest BCUT2D eigenvalue weighted by atomic mass is 19.3. The van der Waals surface area contributed by atoms with Crippen LogP contribution in [0.3, 0.4) is 0 Å². The van der Waals surface area contributed by atoms with Crippen molar-refractivity contribution < 1.29 is 13.2 Å². The Morgan fingerprint density at radius 3 is 2.36 bits per heavy atom. The molecule has 0 spiro atoms. The molecule has 0 aliphatic rings. The standard InChI is InChI=1S/C8H9F3/c1-2-3-4-5-7(9)6-8(10)11/h2-6,8H,1H3/b3-2-,5-4-,7-6-. The first-order valence-corrected chi connectivity index (χ1v) is 3.11. The summed E-state index contributed by atoms with van der Waals surface area (Å²) in [6.07, 6.45) is 3.08. The zero-order chi connectivity index (χ0) is 8.69. The minimum Gasteiger partial charge on any atom is -0.207 e. The number of allylic oxidation sites excluding steroid dienone is 6. The van der Waals surface area contributed by atoms with E-state index in [-0.39, 0.29) is 6.08 Å². The molecule has 0 saturated heterocycles. The fourth-order valence-electron chi connectivity index (χ4n) is 0.435. The molecule has 0 atom stereocenters.